The van der Waals surface area contributed by atoms with Gasteiger partial charge in [-0.1, -0.05) is 32.4 Å². The van der Waals surface area contributed by atoms with Crippen LogP contribution in [0, 0.1) is 5.92 Å². The zero-order valence-corrected chi connectivity index (χ0v) is 13.3. The molecule has 1 aliphatic rings. The molecule has 2 rings (SSSR count). The van der Waals surface area contributed by atoms with Crippen molar-refractivity contribution in [3.63, 3.8) is 0 Å². The van der Waals surface area contributed by atoms with Crippen molar-refractivity contribution in [3.05, 3.63) is 29.8 Å². The number of aliphatic hydroxyl groups is 1. The maximum absolute atomic E-state index is 10.2. The second-order valence-corrected chi connectivity index (χ2v) is 5.69. The first-order chi connectivity index (χ1) is 9.13. The van der Waals surface area contributed by atoms with Gasteiger partial charge in [0.1, 0.15) is 0 Å². The van der Waals surface area contributed by atoms with Crippen molar-refractivity contribution < 1.29 is 5.11 Å². The molecule has 1 aromatic rings. The van der Waals surface area contributed by atoms with Crippen molar-refractivity contribution in [2.45, 2.75) is 45.3 Å². The molecule has 3 N–H and O–H groups in total. The summed E-state index contributed by atoms with van der Waals surface area (Å²) < 4.78 is 0. The van der Waals surface area contributed by atoms with E-state index in [0.717, 1.165) is 25.1 Å². The molecule has 4 heteroatoms. The standard InChI is InChI=1S/C16H26N2O.ClH/c1-3-12(2)16(19)15(17)13-6-8-14(9-7-13)18-10-4-5-11-18;/h6-9,12,15-16,19H,3-5,10-11,17H2,1-2H3;1H/t12?,15-,16+;/m0./s1. The molecule has 0 aliphatic carbocycles. The van der Waals surface area contributed by atoms with Gasteiger partial charge in [0.05, 0.1) is 12.1 Å². The number of hydrogen-bond donors (Lipinski definition) is 2. The second-order valence-electron chi connectivity index (χ2n) is 5.69. The molecule has 1 unspecified atom stereocenters. The maximum atomic E-state index is 10.2. The van der Waals surface area contributed by atoms with Crippen LogP contribution >= 0.6 is 12.4 Å². The van der Waals surface area contributed by atoms with Crippen LogP contribution in [0.1, 0.15) is 44.7 Å². The SMILES string of the molecule is CCC(C)[C@@H](O)[C@@H](N)c1ccc(N2CCCC2)cc1.Cl. The molecule has 1 aliphatic heterocycles. The Morgan fingerprint density at radius 1 is 1.20 bits per heavy atom. The van der Waals surface area contributed by atoms with Gasteiger partial charge in [-0.3, -0.25) is 0 Å². The molecule has 0 aromatic heterocycles. The molecule has 0 spiro atoms. The Hall–Kier alpha value is -0.770. The van der Waals surface area contributed by atoms with Gasteiger partial charge in [-0.2, -0.15) is 0 Å². The summed E-state index contributed by atoms with van der Waals surface area (Å²) in [4.78, 5) is 2.40. The minimum Gasteiger partial charge on any atom is -0.391 e. The summed E-state index contributed by atoms with van der Waals surface area (Å²) in [6.45, 7) is 6.43. The van der Waals surface area contributed by atoms with Crippen LogP contribution in [0.5, 0.6) is 0 Å². The first kappa shape index (κ1) is 17.3. The van der Waals surface area contributed by atoms with Crippen LogP contribution in [-0.2, 0) is 0 Å². The van der Waals surface area contributed by atoms with Crippen molar-refractivity contribution in [1.29, 1.82) is 0 Å². The van der Waals surface area contributed by atoms with Gasteiger partial charge in [-0.25, -0.2) is 0 Å². The smallest absolute Gasteiger partial charge is 0.0758 e. The lowest BCUT2D eigenvalue weighted by Gasteiger charge is -2.25. The fourth-order valence-electron chi connectivity index (χ4n) is 2.68. The van der Waals surface area contributed by atoms with Crippen molar-refractivity contribution in [1.82, 2.24) is 0 Å². The van der Waals surface area contributed by atoms with E-state index in [9.17, 15) is 5.11 Å². The number of nitrogens with zero attached hydrogens (tertiary/aromatic N) is 1. The lowest BCUT2D eigenvalue weighted by atomic mass is 9.91. The van der Waals surface area contributed by atoms with E-state index >= 15 is 0 Å². The highest BCUT2D eigenvalue weighted by Crippen LogP contribution is 2.25. The molecule has 1 fully saturated rings. The third-order valence-electron chi connectivity index (χ3n) is 4.34. The molecule has 20 heavy (non-hydrogen) atoms. The number of nitrogens with two attached hydrogens (primary N) is 1. The van der Waals surface area contributed by atoms with Gasteiger partial charge in [-0.15, -0.1) is 12.4 Å². The number of hydrogen-bond acceptors (Lipinski definition) is 3. The van der Waals surface area contributed by atoms with Crippen molar-refractivity contribution >= 4 is 18.1 Å². The highest BCUT2D eigenvalue weighted by atomic mass is 35.5. The third kappa shape index (κ3) is 3.87. The zero-order chi connectivity index (χ0) is 13.8. The topological polar surface area (TPSA) is 49.5 Å². The van der Waals surface area contributed by atoms with Crippen LogP contribution in [0.25, 0.3) is 0 Å². The van der Waals surface area contributed by atoms with Crippen LogP contribution in [0.2, 0.25) is 0 Å². The Bertz CT molecular complexity index is 390. The van der Waals surface area contributed by atoms with Crippen LogP contribution < -0.4 is 10.6 Å². The van der Waals surface area contributed by atoms with Gasteiger partial charge in [0.25, 0.3) is 0 Å². The van der Waals surface area contributed by atoms with Crippen molar-refractivity contribution in [3.8, 4) is 0 Å². The molecule has 0 bridgehead atoms. The van der Waals surface area contributed by atoms with Gasteiger partial charge in [0, 0.05) is 18.8 Å². The maximum Gasteiger partial charge on any atom is 0.0758 e. The van der Waals surface area contributed by atoms with E-state index in [1.54, 1.807) is 0 Å². The first-order valence-electron chi connectivity index (χ1n) is 7.42. The fourth-order valence-corrected chi connectivity index (χ4v) is 2.68. The molecule has 1 heterocycles. The molecular weight excluding hydrogens is 272 g/mol. The summed E-state index contributed by atoms with van der Waals surface area (Å²) in [6, 6.07) is 8.09. The summed E-state index contributed by atoms with van der Waals surface area (Å²) in [5.74, 6) is 0.230. The Labute approximate surface area is 128 Å². The molecule has 0 amide bonds. The predicted molar refractivity (Wildman–Crippen MR) is 87.5 cm³/mol. The lowest BCUT2D eigenvalue weighted by molar-refractivity contribution is 0.0880. The highest BCUT2D eigenvalue weighted by molar-refractivity contribution is 5.85. The van der Waals surface area contributed by atoms with E-state index in [1.165, 1.54) is 18.5 Å². The second kappa shape index (κ2) is 7.87. The molecule has 1 saturated heterocycles. The Balaban J connectivity index is 0.00000200. The van der Waals surface area contributed by atoms with Crippen molar-refractivity contribution in [2.24, 2.45) is 11.7 Å². The van der Waals surface area contributed by atoms with Crippen LogP contribution in [0.4, 0.5) is 5.69 Å². The predicted octanol–water partition coefficient (Wildman–Crippen LogP) is 3.12. The molecule has 3 atom stereocenters. The van der Waals surface area contributed by atoms with Gasteiger partial charge in [0.15, 0.2) is 0 Å². The average Bonchev–Trinajstić information content (AvgIpc) is 2.99. The number of anilines is 1. The Kier molecular flexibility index (Phi) is 6.80. The molecule has 114 valence electrons. The number of rotatable bonds is 5. The Morgan fingerprint density at radius 3 is 2.25 bits per heavy atom. The Morgan fingerprint density at radius 2 is 1.75 bits per heavy atom. The van der Waals surface area contributed by atoms with Gasteiger partial charge >= 0.3 is 0 Å². The van der Waals surface area contributed by atoms with E-state index in [-0.39, 0.29) is 24.4 Å². The van der Waals surface area contributed by atoms with Crippen LogP contribution in [-0.4, -0.2) is 24.3 Å². The molecule has 0 saturated carbocycles. The zero-order valence-electron chi connectivity index (χ0n) is 12.5. The van der Waals surface area contributed by atoms with Crippen LogP contribution in [0.3, 0.4) is 0 Å². The fraction of sp³-hybridized carbons (Fsp3) is 0.625. The van der Waals surface area contributed by atoms with E-state index in [2.05, 4.69) is 36.1 Å². The molecule has 0 radical (unpaired) electrons. The normalized spacial score (nSPS) is 19.3. The van der Waals surface area contributed by atoms with E-state index in [0.29, 0.717) is 0 Å². The van der Waals surface area contributed by atoms with E-state index < -0.39 is 6.10 Å². The quantitative estimate of drug-likeness (QED) is 0.878. The monoisotopic (exact) mass is 298 g/mol. The summed E-state index contributed by atoms with van der Waals surface area (Å²) in [6.07, 6.45) is 3.05. The summed E-state index contributed by atoms with van der Waals surface area (Å²) in [5.41, 5.74) is 8.45. The highest BCUT2D eigenvalue weighted by Gasteiger charge is 2.22. The van der Waals surface area contributed by atoms with E-state index in [4.69, 9.17) is 5.73 Å². The van der Waals surface area contributed by atoms with Crippen LogP contribution in [0.15, 0.2) is 24.3 Å². The minimum absolute atomic E-state index is 0. The minimum atomic E-state index is -0.470. The third-order valence-corrected chi connectivity index (χ3v) is 4.34. The van der Waals surface area contributed by atoms with Gasteiger partial charge < -0.3 is 15.7 Å². The van der Waals surface area contributed by atoms with Gasteiger partial charge in [0.2, 0.25) is 0 Å². The molecule has 3 nitrogen and oxygen atoms in total. The number of aliphatic hydroxyl groups excluding tert-OH is 1. The number of halogens is 1. The summed E-state index contributed by atoms with van der Waals surface area (Å²) >= 11 is 0. The van der Waals surface area contributed by atoms with Crippen molar-refractivity contribution in [2.75, 3.05) is 18.0 Å². The number of benzene rings is 1. The first-order valence-corrected chi connectivity index (χ1v) is 7.42. The average molecular weight is 299 g/mol. The van der Waals surface area contributed by atoms with E-state index in [1.807, 2.05) is 6.92 Å². The summed E-state index contributed by atoms with van der Waals surface area (Å²) in [7, 11) is 0. The lowest BCUT2D eigenvalue weighted by Crippen LogP contribution is -2.31. The molecule has 1 aromatic carbocycles. The summed E-state index contributed by atoms with van der Waals surface area (Å²) in [5, 5.41) is 10.2. The molecular formula is C16H27ClN2O. The van der Waals surface area contributed by atoms with Gasteiger partial charge in [-0.05, 0) is 36.5 Å². The largest absolute Gasteiger partial charge is 0.391 e.